The standard InChI is InChI=1S/C25H23F2N5O/c1-15-4-6-16(7-5-15)13-21(33)23-24(28)30-32-12-10-22(29-25(23)32)31-11-2-3-20(31)18-14-17(26)8-9-19(18)27/h4-10,12,14,20H,2-3,11,13H2,1H3,(H2,28,30)/t20-/m1/s1. The van der Waals surface area contributed by atoms with Crippen molar-refractivity contribution in [2.45, 2.75) is 32.2 Å². The first-order valence-electron chi connectivity index (χ1n) is 10.9. The number of nitrogens with two attached hydrogens (primary N) is 1. The third kappa shape index (κ3) is 3.92. The van der Waals surface area contributed by atoms with E-state index in [2.05, 4.69) is 5.10 Å². The molecule has 1 aliphatic rings. The Hall–Kier alpha value is -3.81. The molecule has 0 bridgehead atoms. The summed E-state index contributed by atoms with van der Waals surface area (Å²) in [6, 6.07) is 12.7. The number of ketones is 1. The Morgan fingerprint density at radius 2 is 1.94 bits per heavy atom. The van der Waals surface area contributed by atoms with Crippen molar-refractivity contribution in [3.63, 3.8) is 0 Å². The van der Waals surface area contributed by atoms with Crippen LogP contribution in [0.1, 0.15) is 45.9 Å². The van der Waals surface area contributed by atoms with Crippen molar-refractivity contribution in [2.75, 3.05) is 17.2 Å². The highest BCUT2D eigenvalue weighted by Gasteiger charge is 2.30. The molecule has 2 aromatic heterocycles. The first-order chi connectivity index (χ1) is 15.9. The predicted octanol–water partition coefficient (Wildman–Crippen LogP) is 4.67. The lowest BCUT2D eigenvalue weighted by atomic mass is 10.0. The number of Topliss-reactive ketones (excluding diaryl/α,β-unsaturated/α-hetero) is 1. The van der Waals surface area contributed by atoms with Crippen LogP contribution in [-0.2, 0) is 6.42 Å². The molecule has 3 heterocycles. The van der Waals surface area contributed by atoms with E-state index in [0.717, 1.165) is 29.7 Å². The average molecular weight is 447 g/mol. The van der Waals surface area contributed by atoms with E-state index in [1.54, 1.807) is 12.3 Å². The molecule has 0 saturated carbocycles. The third-order valence-electron chi connectivity index (χ3n) is 6.13. The zero-order valence-corrected chi connectivity index (χ0v) is 18.1. The normalized spacial score (nSPS) is 16.0. The molecule has 2 N–H and O–H groups in total. The van der Waals surface area contributed by atoms with E-state index < -0.39 is 11.6 Å². The molecule has 1 aliphatic heterocycles. The van der Waals surface area contributed by atoms with E-state index in [4.69, 9.17) is 10.7 Å². The van der Waals surface area contributed by atoms with Crippen LogP contribution >= 0.6 is 0 Å². The van der Waals surface area contributed by atoms with Crippen LogP contribution in [0.3, 0.4) is 0 Å². The number of aromatic nitrogens is 3. The van der Waals surface area contributed by atoms with Gasteiger partial charge < -0.3 is 10.6 Å². The minimum absolute atomic E-state index is 0.117. The predicted molar refractivity (Wildman–Crippen MR) is 122 cm³/mol. The first-order valence-corrected chi connectivity index (χ1v) is 10.9. The highest BCUT2D eigenvalue weighted by atomic mass is 19.1. The molecule has 8 heteroatoms. The quantitative estimate of drug-likeness (QED) is 0.450. The number of anilines is 2. The molecule has 0 radical (unpaired) electrons. The Labute approximate surface area is 189 Å². The Bertz CT molecular complexity index is 1350. The van der Waals surface area contributed by atoms with Crippen LogP contribution in [0, 0.1) is 18.6 Å². The number of nitrogen functional groups attached to an aromatic ring is 1. The number of fused-ring (bicyclic) bond motifs is 1. The molecular formula is C25H23F2N5O. The molecule has 0 unspecified atom stereocenters. The molecule has 1 fully saturated rings. The Morgan fingerprint density at radius 1 is 1.15 bits per heavy atom. The minimum Gasteiger partial charge on any atom is -0.382 e. The number of nitrogens with zero attached hydrogens (tertiary/aromatic N) is 4. The number of hydrogen-bond donors (Lipinski definition) is 1. The maximum atomic E-state index is 14.5. The van der Waals surface area contributed by atoms with Gasteiger partial charge in [-0.2, -0.15) is 0 Å². The van der Waals surface area contributed by atoms with Gasteiger partial charge in [0.15, 0.2) is 17.2 Å². The number of aryl methyl sites for hydroxylation is 1. The Kier molecular flexibility index (Phi) is 5.28. The molecule has 0 aliphatic carbocycles. The molecule has 1 atom stereocenters. The topological polar surface area (TPSA) is 76.5 Å². The van der Waals surface area contributed by atoms with E-state index in [0.29, 0.717) is 30.0 Å². The van der Waals surface area contributed by atoms with Crippen molar-refractivity contribution in [1.82, 2.24) is 14.6 Å². The van der Waals surface area contributed by atoms with Crippen molar-refractivity contribution in [1.29, 1.82) is 0 Å². The number of benzene rings is 2. The maximum absolute atomic E-state index is 14.5. The van der Waals surface area contributed by atoms with Gasteiger partial charge in [-0.25, -0.2) is 18.3 Å². The summed E-state index contributed by atoms with van der Waals surface area (Å²) in [5.41, 5.74) is 9.01. The summed E-state index contributed by atoms with van der Waals surface area (Å²) in [5.74, 6) is -0.417. The summed E-state index contributed by atoms with van der Waals surface area (Å²) in [6.07, 6.45) is 3.36. The van der Waals surface area contributed by atoms with Crippen LogP contribution in [0.5, 0.6) is 0 Å². The Morgan fingerprint density at radius 3 is 2.73 bits per heavy atom. The number of halogens is 2. The first kappa shape index (κ1) is 21.1. The number of carbonyl (C=O) groups excluding carboxylic acids is 1. The van der Waals surface area contributed by atoms with Crippen molar-refractivity contribution in [3.8, 4) is 0 Å². The van der Waals surface area contributed by atoms with Crippen molar-refractivity contribution in [3.05, 3.63) is 88.6 Å². The summed E-state index contributed by atoms with van der Waals surface area (Å²) >= 11 is 0. The van der Waals surface area contributed by atoms with Crippen LogP contribution in [-0.4, -0.2) is 26.9 Å². The zero-order chi connectivity index (χ0) is 23.1. The molecule has 6 nitrogen and oxygen atoms in total. The molecule has 0 amide bonds. The lowest BCUT2D eigenvalue weighted by Gasteiger charge is -2.26. The average Bonchev–Trinajstić information content (AvgIpc) is 3.40. The fourth-order valence-electron chi connectivity index (χ4n) is 4.48. The summed E-state index contributed by atoms with van der Waals surface area (Å²) in [6.45, 7) is 2.63. The summed E-state index contributed by atoms with van der Waals surface area (Å²) < 4.78 is 29.8. The third-order valence-corrected chi connectivity index (χ3v) is 6.13. The van der Waals surface area contributed by atoms with Crippen molar-refractivity contribution in [2.24, 2.45) is 0 Å². The van der Waals surface area contributed by atoms with Gasteiger partial charge in [0.2, 0.25) is 0 Å². The number of carbonyl (C=O) groups is 1. The smallest absolute Gasteiger partial charge is 0.174 e. The van der Waals surface area contributed by atoms with E-state index >= 15 is 0 Å². The fourth-order valence-corrected chi connectivity index (χ4v) is 4.48. The van der Waals surface area contributed by atoms with Crippen molar-refractivity contribution >= 4 is 23.1 Å². The van der Waals surface area contributed by atoms with Gasteiger partial charge in [-0.05, 0) is 49.6 Å². The van der Waals surface area contributed by atoms with Gasteiger partial charge in [0.1, 0.15) is 23.0 Å². The lowest BCUT2D eigenvalue weighted by Crippen LogP contribution is -2.24. The summed E-state index contributed by atoms with van der Waals surface area (Å²) in [5, 5.41) is 4.24. The number of hydrogen-bond acceptors (Lipinski definition) is 5. The second kappa shape index (κ2) is 8.27. The molecule has 1 saturated heterocycles. The second-order valence-electron chi connectivity index (χ2n) is 8.42. The van der Waals surface area contributed by atoms with Gasteiger partial charge in [-0.1, -0.05) is 29.8 Å². The molecule has 0 spiro atoms. The van der Waals surface area contributed by atoms with E-state index in [1.165, 1.54) is 10.6 Å². The van der Waals surface area contributed by atoms with Crippen LogP contribution in [0.2, 0.25) is 0 Å². The molecule has 33 heavy (non-hydrogen) atoms. The monoisotopic (exact) mass is 447 g/mol. The molecule has 168 valence electrons. The number of rotatable bonds is 5. The second-order valence-corrected chi connectivity index (χ2v) is 8.42. The van der Waals surface area contributed by atoms with Crippen LogP contribution < -0.4 is 10.6 Å². The van der Waals surface area contributed by atoms with Crippen LogP contribution in [0.4, 0.5) is 20.4 Å². The highest BCUT2D eigenvalue weighted by molar-refractivity contribution is 6.06. The Balaban J connectivity index is 1.51. The van der Waals surface area contributed by atoms with E-state index in [-0.39, 0.29) is 29.6 Å². The summed E-state index contributed by atoms with van der Waals surface area (Å²) in [7, 11) is 0. The zero-order valence-electron chi connectivity index (χ0n) is 18.1. The minimum atomic E-state index is -0.478. The molecule has 5 rings (SSSR count). The fraction of sp³-hybridized carbons (Fsp3) is 0.240. The SMILES string of the molecule is Cc1ccc(CC(=O)c2c(N)nn3ccc(N4CCC[C@@H]4c4cc(F)ccc4F)nc23)cc1. The van der Waals surface area contributed by atoms with Gasteiger partial charge in [0.25, 0.3) is 0 Å². The van der Waals surface area contributed by atoms with Gasteiger partial charge in [0.05, 0.1) is 6.04 Å². The van der Waals surface area contributed by atoms with Gasteiger partial charge in [0, 0.05) is 24.7 Å². The van der Waals surface area contributed by atoms with Gasteiger partial charge in [-0.15, -0.1) is 5.10 Å². The van der Waals surface area contributed by atoms with Crippen LogP contribution in [0.25, 0.3) is 5.65 Å². The maximum Gasteiger partial charge on any atom is 0.174 e. The van der Waals surface area contributed by atoms with E-state index in [9.17, 15) is 13.6 Å². The highest BCUT2D eigenvalue weighted by Crippen LogP contribution is 2.37. The van der Waals surface area contributed by atoms with Gasteiger partial charge in [-0.3, -0.25) is 4.79 Å². The summed E-state index contributed by atoms with van der Waals surface area (Å²) in [4.78, 5) is 19.7. The molecular weight excluding hydrogens is 424 g/mol. The lowest BCUT2D eigenvalue weighted by molar-refractivity contribution is 0.0995. The molecule has 4 aromatic rings. The van der Waals surface area contributed by atoms with E-state index in [1.807, 2.05) is 36.1 Å². The van der Waals surface area contributed by atoms with Gasteiger partial charge >= 0.3 is 0 Å². The van der Waals surface area contributed by atoms with Crippen LogP contribution in [0.15, 0.2) is 54.7 Å². The largest absolute Gasteiger partial charge is 0.382 e. The molecule has 2 aromatic carbocycles. The van der Waals surface area contributed by atoms with Crippen molar-refractivity contribution < 1.29 is 13.6 Å².